The van der Waals surface area contributed by atoms with Crippen LogP contribution in [0.3, 0.4) is 0 Å². The first kappa shape index (κ1) is 26.1. The van der Waals surface area contributed by atoms with Crippen LogP contribution >= 0.6 is 23.2 Å². The molecule has 0 aliphatic carbocycles. The Morgan fingerprint density at radius 2 is 1.76 bits per heavy atom. The molecule has 0 saturated carbocycles. The predicted molar refractivity (Wildman–Crippen MR) is 145 cm³/mol. The highest BCUT2D eigenvalue weighted by molar-refractivity contribution is 6.36. The van der Waals surface area contributed by atoms with E-state index in [1.807, 2.05) is 38.1 Å². The predicted octanol–water partition coefficient (Wildman–Crippen LogP) is 6.68. The van der Waals surface area contributed by atoms with Gasteiger partial charge in [-0.15, -0.1) is 0 Å². The number of amides is 1. The van der Waals surface area contributed by atoms with Gasteiger partial charge in [0.1, 0.15) is 10.6 Å². The Hall–Kier alpha value is -4.01. The summed E-state index contributed by atoms with van der Waals surface area (Å²) in [4.78, 5) is 25.1. The molecule has 2 aromatic carbocycles. The van der Waals surface area contributed by atoms with Gasteiger partial charge >= 0.3 is 5.97 Å². The third-order valence-corrected chi connectivity index (χ3v) is 6.05. The minimum absolute atomic E-state index is 0.00227. The van der Waals surface area contributed by atoms with Crippen molar-refractivity contribution in [2.24, 2.45) is 5.10 Å². The van der Waals surface area contributed by atoms with E-state index in [0.717, 1.165) is 17.1 Å². The van der Waals surface area contributed by atoms with Gasteiger partial charge in [0.25, 0.3) is 5.91 Å². The Bertz CT molecular complexity index is 1450. The fourth-order valence-electron chi connectivity index (χ4n) is 3.73. The number of halogens is 2. The normalized spacial score (nSPS) is 11.1. The van der Waals surface area contributed by atoms with Gasteiger partial charge in [0, 0.05) is 33.3 Å². The van der Waals surface area contributed by atoms with E-state index >= 15 is 0 Å². The van der Waals surface area contributed by atoms with Gasteiger partial charge in [0.2, 0.25) is 5.88 Å². The van der Waals surface area contributed by atoms with E-state index in [1.54, 1.807) is 43.3 Å². The number of hydrazone groups is 1. The molecule has 2 aromatic heterocycles. The van der Waals surface area contributed by atoms with Crippen LogP contribution in [0, 0.1) is 13.8 Å². The Labute approximate surface area is 223 Å². The molecule has 4 aromatic rings. The van der Waals surface area contributed by atoms with Gasteiger partial charge in [-0.2, -0.15) is 5.10 Å². The third-order valence-electron chi connectivity index (χ3n) is 5.44. The summed E-state index contributed by atoms with van der Waals surface area (Å²) in [6.07, 6.45) is 1.22. The number of furan rings is 1. The number of carbonyl (C=O) groups excluding carboxylic acids is 2. The molecule has 0 unspecified atom stereocenters. The van der Waals surface area contributed by atoms with Crippen molar-refractivity contribution in [3.05, 3.63) is 99.0 Å². The van der Waals surface area contributed by atoms with Crippen molar-refractivity contribution in [3.63, 3.8) is 0 Å². The van der Waals surface area contributed by atoms with Crippen molar-refractivity contribution in [2.45, 2.75) is 20.8 Å². The second-order valence-corrected chi connectivity index (χ2v) is 8.85. The number of aromatic nitrogens is 1. The largest absolute Gasteiger partial charge is 0.462 e. The summed E-state index contributed by atoms with van der Waals surface area (Å²) in [6.45, 7) is 5.87. The zero-order chi connectivity index (χ0) is 26.5. The van der Waals surface area contributed by atoms with Crippen molar-refractivity contribution < 1.29 is 18.7 Å². The number of hydrogen-bond donors (Lipinski definition) is 2. The van der Waals surface area contributed by atoms with E-state index in [-0.39, 0.29) is 28.8 Å². The molecule has 1 amide bonds. The number of nitrogens with one attached hydrogen (secondary N) is 2. The Morgan fingerprint density at radius 1 is 1.05 bits per heavy atom. The molecule has 0 fully saturated rings. The first-order chi connectivity index (χ1) is 17.8. The van der Waals surface area contributed by atoms with Crippen LogP contribution in [0.1, 0.15) is 44.8 Å². The van der Waals surface area contributed by atoms with Crippen molar-refractivity contribution >= 4 is 52.9 Å². The number of nitrogens with zero attached hydrogens (tertiary/aromatic N) is 2. The Kier molecular flexibility index (Phi) is 8.01. The molecule has 0 bridgehead atoms. The molecular weight excluding hydrogens is 515 g/mol. The summed E-state index contributed by atoms with van der Waals surface area (Å²) in [7, 11) is 0. The highest BCUT2D eigenvalue weighted by Gasteiger charge is 2.25. The van der Waals surface area contributed by atoms with Crippen molar-refractivity contribution in [1.29, 1.82) is 0 Å². The SMILES string of the molecule is CCOC(=O)c1c(Nc2cccc(Cl)c2)oc(/C=N\NC(=O)c2ccc(-n3c(C)ccc3C)cc2)c1Cl. The maximum absolute atomic E-state index is 12.6. The lowest BCUT2D eigenvalue weighted by atomic mass is 10.2. The number of carbonyl (C=O) groups is 2. The van der Waals surface area contributed by atoms with Gasteiger partial charge < -0.3 is 19.0 Å². The molecule has 0 aliphatic rings. The molecule has 10 heteroatoms. The van der Waals surface area contributed by atoms with Crippen LogP contribution < -0.4 is 10.7 Å². The fourth-order valence-corrected chi connectivity index (χ4v) is 4.17. The van der Waals surface area contributed by atoms with Gasteiger partial charge in [0.15, 0.2) is 5.76 Å². The van der Waals surface area contributed by atoms with Crippen LogP contribution in [0.25, 0.3) is 5.69 Å². The number of hydrogen-bond acceptors (Lipinski definition) is 6. The average molecular weight is 539 g/mol. The molecule has 0 saturated heterocycles. The lowest BCUT2D eigenvalue weighted by Crippen LogP contribution is -2.17. The molecule has 190 valence electrons. The number of anilines is 2. The first-order valence-corrected chi connectivity index (χ1v) is 12.1. The van der Waals surface area contributed by atoms with E-state index < -0.39 is 11.9 Å². The number of rotatable bonds is 8. The van der Waals surface area contributed by atoms with Gasteiger partial charge in [-0.3, -0.25) is 4.79 Å². The van der Waals surface area contributed by atoms with Crippen molar-refractivity contribution in [2.75, 3.05) is 11.9 Å². The van der Waals surface area contributed by atoms with Crippen molar-refractivity contribution in [1.82, 2.24) is 9.99 Å². The summed E-state index contributed by atoms with van der Waals surface area (Å²) in [5, 5.41) is 7.41. The molecular formula is C27H24Cl2N4O4. The minimum Gasteiger partial charge on any atom is -0.462 e. The lowest BCUT2D eigenvalue weighted by molar-refractivity contribution is 0.0527. The molecule has 0 spiro atoms. The van der Waals surface area contributed by atoms with Crippen LogP contribution in [-0.2, 0) is 4.74 Å². The van der Waals surface area contributed by atoms with Gasteiger partial charge in [0.05, 0.1) is 12.8 Å². The Morgan fingerprint density at radius 3 is 2.41 bits per heavy atom. The molecule has 2 heterocycles. The van der Waals surface area contributed by atoms with E-state index in [9.17, 15) is 9.59 Å². The molecule has 4 rings (SSSR count). The van der Waals surface area contributed by atoms with Crippen molar-refractivity contribution in [3.8, 4) is 5.69 Å². The summed E-state index contributed by atoms with van der Waals surface area (Å²) in [6, 6.07) is 18.1. The highest BCUT2D eigenvalue weighted by Crippen LogP contribution is 2.34. The fraction of sp³-hybridized carbons (Fsp3) is 0.148. The second-order valence-electron chi connectivity index (χ2n) is 8.04. The van der Waals surface area contributed by atoms with Crippen LogP contribution in [0.2, 0.25) is 10.0 Å². The molecule has 2 N–H and O–H groups in total. The maximum Gasteiger partial charge on any atom is 0.345 e. The number of ether oxygens (including phenoxy) is 1. The van der Waals surface area contributed by atoms with Crippen LogP contribution in [0.15, 0.2) is 70.2 Å². The standard InChI is InChI=1S/C27H24Cl2N4O4/c1-4-36-27(35)23-24(29)22(37-26(23)31-20-7-5-6-19(28)14-20)15-30-32-25(34)18-10-12-21(13-11-18)33-16(2)8-9-17(33)3/h5-15,31H,4H2,1-3H3,(H,32,34)/b30-15-. The number of aryl methyl sites for hydroxylation is 2. The summed E-state index contributed by atoms with van der Waals surface area (Å²) >= 11 is 12.5. The minimum atomic E-state index is -0.669. The topological polar surface area (TPSA) is 97.9 Å². The lowest BCUT2D eigenvalue weighted by Gasteiger charge is -2.09. The summed E-state index contributed by atoms with van der Waals surface area (Å²) in [5.41, 5.74) is 6.59. The maximum atomic E-state index is 12.6. The smallest absolute Gasteiger partial charge is 0.345 e. The van der Waals surface area contributed by atoms with Crippen LogP contribution in [0.4, 0.5) is 11.6 Å². The number of esters is 1. The molecule has 8 nitrogen and oxygen atoms in total. The van der Waals surface area contributed by atoms with E-state index in [0.29, 0.717) is 16.3 Å². The third kappa shape index (κ3) is 5.87. The zero-order valence-electron chi connectivity index (χ0n) is 20.3. The van der Waals surface area contributed by atoms with E-state index in [4.69, 9.17) is 32.4 Å². The molecule has 37 heavy (non-hydrogen) atoms. The van der Waals surface area contributed by atoms with Crippen LogP contribution in [0.5, 0.6) is 0 Å². The van der Waals surface area contributed by atoms with Crippen LogP contribution in [-0.4, -0.2) is 29.3 Å². The van der Waals surface area contributed by atoms with Gasteiger partial charge in [-0.05, 0) is 75.4 Å². The molecule has 0 atom stereocenters. The van der Waals surface area contributed by atoms with E-state index in [2.05, 4.69) is 20.4 Å². The summed E-state index contributed by atoms with van der Waals surface area (Å²) in [5.74, 6) is -0.972. The average Bonchev–Trinajstić information content (AvgIpc) is 3.36. The van der Waals surface area contributed by atoms with Gasteiger partial charge in [-0.25, -0.2) is 10.2 Å². The quantitative estimate of drug-likeness (QED) is 0.148. The molecule has 0 aliphatic heterocycles. The first-order valence-electron chi connectivity index (χ1n) is 11.4. The highest BCUT2D eigenvalue weighted by atomic mass is 35.5. The van der Waals surface area contributed by atoms with E-state index in [1.165, 1.54) is 6.21 Å². The second kappa shape index (κ2) is 11.4. The number of benzene rings is 2. The molecule has 0 radical (unpaired) electrons. The summed E-state index contributed by atoms with van der Waals surface area (Å²) < 4.78 is 12.9. The monoisotopic (exact) mass is 538 g/mol. The Balaban J connectivity index is 1.51. The zero-order valence-corrected chi connectivity index (χ0v) is 21.9. The van der Waals surface area contributed by atoms with Gasteiger partial charge in [-0.1, -0.05) is 29.3 Å².